The standard InChI is InChI=1S/C71H102N19O23P3/c1-38-30-88(66(96)83-62(38)93)54-28-48(113-115(99,100)105-33-49-44(92)25-53(108-49)87-18-11-52(72)80-65(87)95)51(110-54)34-106-116(101,102)112-46-26-56(90-37-79-58-61(90)81-64(74)82-63(58)94)107-45(46)12-23-114(97,98)111-47-27-55(89-36-78-57-59(73)76-35-77-60(57)89)109-50(47)32-104-22-21-103-20-19-86-31-41(84-85-86)29-75-39(2)43-10-15-69(5)68(43,4)16-17-70(6)67(3)13-9-42(91)24-40(67)8-14-71(69,70)7/h8,11,18,30-31,35-37,39,42-51,53-56,75,91-92H,9-10,12-17,19-29,32-34H2,1-7H3,(H,97,98)(H,99,100)(H,101,102)(H2,72,80,95)(H2,73,76,77)(H,83,93,96)(H3,74,81,82,94)/t39-,42?,43+,44+,45+,46+,47?,48+,49+,50+,51+,53+,54+,55+,56+,67-,68+,69+,70+,71-/m0/s1. The van der Waals surface area contributed by atoms with Crippen LogP contribution in [0, 0.1) is 39.9 Å². The van der Waals surface area contributed by atoms with E-state index in [1.165, 1.54) is 67.6 Å². The minimum Gasteiger partial charge on any atom is -0.393 e. The molecule has 7 aromatic heterocycles. The van der Waals surface area contributed by atoms with E-state index in [-0.39, 0.29) is 125 Å². The van der Waals surface area contributed by atoms with Crippen molar-refractivity contribution in [2.45, 2.75) is 231 Å². The number of ether oxygens (including phenoxy) is 6. The molecular formula is C71H102N19O23P3. The Morgan fingerprint density at radius 3 is 2.05 bits per heavy atom. The minimum absolute atomic E-state index is 0.0271. The van der Waals surface area contributed by atoms with E-state index in [4.69, 9.17) is 68.2 Å². The lowest BCUT2D eigenvalue weighted by Crippen LogP contribution is -2.66. The highest BCUT2D eigenvalue weighted by Gasteiger charge is 2.74. The summed E-state index contributed by atoms with van der Waals surface area (Å²) in [5, 5.41) is 34.3. The molecule has 0 spiro atoms. The first-order valence-corrected chi connectivity index (χ1v) is 43.8. The number of hydrogen-bond acceptors (Lipinski definition) is 32. The number of phosphoric acid groups is 2. The van der Waals surface area contributed by atoms with Crippen LogP contribution in [-0.2, 0) is 77.8 Å². The maximum atomic E-state index is 14.6. The number of phosphoric ester groups is 2. The predicted octanol–water partition coefficient (Wildman–Crippen LogP) is 4.21. The molecule has 0 aromatic carbocycles. The second-order valence-electron chi connectivity index (χ2n) is 33.1. The number of aromatic nitrogens is 15. The van der Waals surface area contributed by atoms with Gasteiger partial charge in [-0.25, -0.2) is 43.3 Å². The van der Waals surface area contributed by atoms with Gasteiger partial charge in [0.25, 0.3) is 11.1 Å². The van der Waals surface area contributed by atoms with E-state index in [9.17, 15) is 57.8 Å². The number of aliphatic hydroxyl groups is 2. The Bertz CT molecular complexity index is 5240. The number of imidazole rings is 2. The Balaban J connectivity index is 0.571. The molecule has 4 aliphatic carbocycles. The summed E-state index contributed by atoms with van der Waals surface area (Å²) in [6.07, 6.45) is 1.70. The predicted molar refractivity (Wildman–Crippen MR) is 410 cm³/mol. The van der Waals surface area contributed by atoms with Gasteiger partial charge in [-0.1, -0.05) is 51.5 Å². The van der Waals surface area contributed by atoms with Crippen molar-refractivity contribution in [2.75, 3.05) is 63.0 Å². The summed E-state index contributed by atoms with van der Waals surface area (Å²) < 4.78 is 115. The summed E-state index contributed by atoms with van der Waals surface area (Å²) in [6.45, 7) is 16.1. The molecule has 7 aromatic rings. The quantitative estimate of drug-likeness (QED) is 0.0165. The molecule has 116 heavy (non-hydrogen) atoms. The lowest BCUT2D eigenvalue weighted by molar-refractivity contribution is -0.221. The van der Waals surface area contributed by atoms with Gasteiger partial charge in [-0.15, -0.1) is 5.10 Å². The Kier molecular flexibility index (Phi) is 23.4. The SMILES string of the molecule is Cc1cn([C@H]2C[C@@H](OP(=O)(O)OC[C@H]3O[C@@H](n4ccc(N)nc4=O)C[C@H]3O)[C@@H](COP(=O)(O)O[C@@H]3C[C@H](n4cnc5c(=O)[nH]c(N)nc54)O[C@@H]3CCP(=O)(O)OC3C[C@H](n4cnc5c(N)ncnc54)O[C@@H]3COCCOCCn3cc(CN[C@@H](C)[C@H]4CC[C@@]5(C)[C@]6(C)CC=C7CC(O)CC[C@]7(C)[C@@]6(C)CC[C@]45C)nn3)O2)c(=O)[nH]c1=O. The number of nitrogens with two attached hydrogens (primary N) is 3. The van der Waals surface area contributed by atoms with Crippen LogP contribution in [0.15, 0.2) is 74.5 Å². The van der Waals surface area contributed by atoms with Crippen molar-refractivity contribution in [1.82, 2.24) is 78.5 Å². The topological polar surface area (TPSA) is 572 Å². The zero-order chi connectivity index (χ0) is 82.4. The van der Waals surface area contributed by atoms with E-state index < -0.39 is 152 Å². The van der Waals surface area contributed by atoms with Gasteiger partial charge in [0.05, 0.1) is 101 Å². The lowest BCUT2D eigenvalue weighted by Gasteiger charge is -2.73. The van der Waals surface area contributed by atoms with Gasteiger partial charge in [0.15, 0.2) is 22.6 Å². The highest BCUT2D eigenvalue weighted by molar-refractivity contribution is 7.52. The fourth-order valence-corrected chi connectivity index (χ4v) is 23.1. The summed E-state index contributed by atoms with van der Waals surface area (Å²) in [7, 11) is -15.4. The molecule has 0 radical (unpaired) electrons. The molecule has 4 aliphatic heterocycles. The van der Waals surface area contributed by atoms with Crippen LogP contribution in [0.4, 0.5) is 17.6 Å². The first-order chi connectivity index (χ1) is 55.0. The molecule has 5 unspecified atom stereocenters. The van der Waals surface area contributed by atoms with Gasteiger partial charge in [0.1, 0.15) is 67.0 Å². The van der Waals surface area contributed by atoms with Crippen LogP contribution in [0.5, 0.6) is 0 Å². The van der Waals surface area contributed by atoms with Crippen molar-refractivity contribution in [2.24, 2.45) is 33.0 Å². The molecule has 11 heterocycles. The number of hydrogen-bond donors (Lipinski definition) is 11. The number of fused-ring (bicyclic) bond motifs is 7. The van der Waals surface area contributed by atoms with Crippen LogP contribution in [0.3, 0.4) is 0 Å². The summed E-state index contributed by atoms with van der Waals surface area (Å²) >= 11 is 0. The third-order valence-electron chi connectivity index (χ3n) is 26.8. The van der Waals surface area contributed by atoms with Crippen molar-refractivity contribution in [3.63, 3.8) is 0 Å². The molecule has 0 bridgehead atoms. The van der Waals surface area contributed by atoms with E-state index >= 15 is 0 Å². The molecule has 8 aliphatic rings. The van der Waals surface area contributed by atoms with Crippen molar-refractivity contribution < 1.29 is 89.6 Å². The molecule has 0 amide bonds. The van der Waals surface area contributed by atoms with Gasteiger partial charge >= 0.3 is 34.6 Å². The van der Waals surface area contributed by atoms with Crippen LogP contribution in [0.1, 0.15) is 161 Å². The van der Waals surface area contributed by atoms with Crippen LogP contribution in [0.2, 0.25) is 0 Å². The number of aryl methyl sites for hydroxylation is 1. The first-order valence-electron chi connectivity index (χ1n) is 39.1. The highest BCUT2D eigenvalue weighted by atomic mass is 31.2. The molecule has 634 valence electrons. The Labute approximate surface area is 663 Å². The third-order valence-corrected chi connectivity index (χ3v) is 30.3. The number of nitrogen functional groups attached to an aromatic ring is 3. The largest absolute Gasteiger partial charge is 0.472 e. The number of H-pyrrole nitrogens is 2. The molecule has 3 saturated carbocycles. The average Bonchev–Trinajstić information content (AvgIpc) is 1.35. The second-order valence-corrected chi connectivity index (χ2v) is 37.8. The monoisotopic (exact) mass is 1680 g/mol. The Hall–Kier alpha value is -7.25. The zero-order valence-electron chi connectivity index (χ0n) is 65.3. The van der Waals surface area contributed by atoms with Gasteiger partial charge in [0.2, 0.25) is 5.95 Å². The maximum Gasteiger partial charge on any atom is 0.472 e. The number of anilines is 3. The summed E-state index contributed by atoms with van der Waals surface area (Å²) in [4.78, 5) is 115. The van der Waals surface area contributed by atoms with E-state index in [0.717, 1.165) is 53.1 Å². The fraction of sp³-hybridized carbons (Fsp3) is 0.690. The van der Waals surface area contributed by atoms with Gasteiger partial charge in [-0.05, 0) is 111 Å². The van der Waals surface area contributed by atoms with Crippen molar-refractivity contribution in [3.8, 4) is 0 Å². The van der Waals surface area contributed by atoms with Crippen LogP contribution in [0.25, 0.3) is 22.3 Å². The zero-order valence-corrected chi connectivity index (χ0v) is 68.0. The number of nitrogens with zero attached hydrogens (tertiary/aromatic N) is 13. The summed E-state index contributed by atoms with van der Waals surface area (Å²) in [6, 6.07) is 1.57. The highest BCUT2D eigenvalue weighted by Crippen LogP contribution is 2.81. The maximum absolute atomic E-state index is 14.6. The molecule has 15 rings (SSSR count). The minimum atomic E-state index is -5.40. The molecule has 7 fully saturated rings. The lowest BCUT2D eigenvalue weighted by atomic mass is 9.31. The van der Waals surface area contributed by atoms with E-state index in [1.54, 1.807) is 9.25 Å². The van der Waals surface area contributed by atoms with Gasteiger partial charge in [0, 0.05) is 62.4 Å². The Morgan fingerprint density at radius 1 is 0.672 bits per heavy atom. The van der Waals surface area contributed by atoms with Crippen LogP contribution < -0.4 is 45.0 Å². The third kappa shape index (κ3) is 16.2. The van der Waals surface area contributed by atoms with Gasteiger partial charge in [-0.2, -0.15) is 9.97 Å². The normalized spacial score (nSPS) is 34.3. The molecule has 14 N–H and O–H groups in total. The summed E-state index contributed by atoms with van der Waals surface area (Å²) in [5.41, 5.74) is 17.9. The molecule has 4 saturated heterocycles. The van der Waals surface area contributed by atoms with Gasteiger partial charge in [-0.3, -0.25) is 60.5 Å². The van der Waals surface area contributed by atoms with Gasteiger partial charge < -0.3 is 80.4 Å². The van der Waals surface area contributed by atoms with E-state index in [0.29, 0.717) is 24.7 Å². The fourth-order valence-electron chi connectivity index (χ4n) is 19.8. The molecule has 23 atom stereocenters. The average molecular weight is 1680 g/mol. The van der Waals surface area contributed by atoms with Crippen molar-refractivity contribution in [3.05, 3.63) is 108 Å². The van der Waals surface area contributed by atoms with Crippen molar-refractivity contribution in [1.29, 1.82) is 0 Å². The molecule has 45 heteroatoms. The summed E-state index contributed by atoms with van der Waals surface area (Å²) in [5.74, 6) is 0.238. The Morgan fingerprint density at radius 2 is 1.32 bits per heavy atom. The van der Waals surface area contributed by atoms with E-state index in [2.05, 4.69) is 103 Å². The van der Waals surface area contributed by atoms with Crippen LogP contribution in [-0.4, -0.2) is 205 Å². The molecular weight excluding hydrogens is 1580 g/mol. The smallest absolute Gasteiger partial charge is 0.393 e. The number of nitrogens with one attached hydrogen (secondary N) is 3. The number of aliphatic hydroxyl groups excluding tert-OH is 2. The van der Waals surface area contributed by atoms with Crippen LogP contribution >= 0.6 is 23.2 Å². The van der Waals surface area contributed by atoms with E-state index in [1.807, 2.05) is 6.20 Å². The second kappa shape index (κ2) is 32.4. The molecule has 42 nitrogen and oxygen atoms in total. The van der Waals surface area contributed by atoms with Crippen molar-refractivity contribution >= 4 is 63.2 Å². The number of allylic oxidation sites excluding steroid dienone is 1. The number of rotatable bonds is 31. The first kappa shape index (κ1) is 83.8. The number of aromatic amines is 2.